The lowest BCUT2D eigenvalue weighted by Crippen LogP contribution is -2.24. The Hall–Kier alpha value is -3.94. The SMILES string of the molecule is CCn1c(=O)c(-c2cc(N)c(F)cc2F)cc2cnc(N(C)C(C)c3ccc(OC)cc3)cc21. The molecule has 4 rings (SSSR count). The van der Waals surface area contributed by atoms with E-state index in [-0.39, 0.29) is 28.4 Å². The van der Waals surface area contributed by atoms with E-state index in [1.54, 1.807) is 23.9 Å². The second kappa shape index (κ2) is 9.13. The molecule has 1 atom stereocenters. The Bertz CT molecular complexity index is 1420. The van der Waals surface area contributed by atoms with E-state index in [9.17, 15) is 13.6 Å². The number of ether oxygens (including phenoxy) is 1. The highest BCUT2D eigenvalue weighted by Gasteiger charge is 2.19. The Kier molecular flexibility index (Phi) is 6.24. The van der Waals surface area contributed by atoms with Gasteiger partial charge in [0.25, 0.3) is 5.56 Å². The van der Waals surface area contributed by atoms with E-state index in [4.69, 9.17) is 10.5 Å². The molecule has 8 heteroatoms. The number of hydrogen-bond acceptors (Lipinski definition) is 5. The number of hydrogen-bond donors (Lipinski definition) is 1. The van der Waals surface area contributed by atoms with Crippen molar-refractivity contribution in [1.29, 1.82) is 0 Å². The van der Waals surface area contributed by atoms with Gasteiger partial charge in [-0.05, 0) is 43.7 Å². The zero-order valence-corrected chi connectivity index (χ0v) is 19.5. The van der Waals surface area contributed by atoms with Gasteiger partial charge in [0.05, 0.1) is 29.9 Å². The lowest BCUT2D eigenvalue weighted by molar-refractivity contribution is 0.414. The predicted octanol–water partition coefficient (Wildman–Crippen LogP) is 5.15. The van der Waals surface area contributed by atoms with Crippen molar-refractivity contribution in [2.45, 2.75) is 26.4 Å². The number of aromatic nitrogens is 2. The van der Waals surface area contributed by atoms with Crippen LogP contribution in [0.2, 0.25) is 0 Å². The summed E-state index contributed by atoms with van der Waals surface area (Å²) >= 11 is 0. The summed E-state index contributed by atoms with van der Waals surface area (Å²) in [5.74, 6) is -0.242. The zero-order valence-electron chi connectivity index (χ0n) is 19.5. The molecule has 0 saturated carbocycles. The van der Waals surface area contributed by atoms with Crippen LogP contribution in [-0.2, 0) is 6.54 Å². The van der Waals surface area contributed by atoms with Gasteiger partial charge in [-0.1, -0.05) is 12.1 Å². The van der Waals surface area contributed by atoms with Gasteiger partial charge in [0.1, 0.15) is 23.2 Å². The minimum Gasteiger partial charge on any atom is -0.497 e. The van der Waals surface area contributed by atoms with Crippen LogP contribution < -0.4 is 20.9 Å². The predicted molar refractivity (Wildman–Crippen MR) is 131 cm³/mol. The minimum atomic E-state index is -0.863. The van der Waals surface area contributed by atoms with Gasteiger partial charge in [-0.15, -0.1) is 0 Å². The molecule has 0 aliphatic carbocycles. The fraction of sp³-hybridized carbons (Fsp3) is 0.231. The van der Waals surface area contributed by atoms with Crippen LogP contribution in [0.5, 0.6) is 5.75 Å². The first-order valence-corrected chi connectivity index (χ1v) is 10.9. The van der Waals surface area contributed by atoms with E-state index in [0.717, 1.165) is 17.4 Å². The first-order chi connectivity index (χ1) is 16.2. The molecule has 4 aromatic rings. The van der Waals surface area contributed by atoms with E-state index < -0.39 is 11.6 Å². The third kappa shape index (κ3) is 4.07. The third-order valence-electron chi connectivity index (χ3n) is 6.20. The molecule has 2 N–H and O–H groups in total. The second-order valence-corrected chi connectivity index (χ2v) is 8.12. The molecular weight excluding hydrogens is 438 g/mol. The number of nitrogen functional groups attached to an aromatic ring is 1. The van der Waals surface area contributed by atoms with Crippen molar-refractivity contribution < 1.29 is 13.5 Å². The average Bonchev–Trinajstić information content (AvgIpc) is 2.85. The number of benzene rings is 2. The number of rotatable bonds is 6. The first kappa shape index (κ1) is 23.2. The van der Waals surface area contributed by atoms with Crippen LogP contribution in [-0.4, -0.2) is 23.7 Å². The van der Waals surface area contributed by atoms with Crippen molar-refractivity contribution in [2.24, 2.45) is 0 Å². The Balaban J connectivity index is 1.79. The van der Waals surface area contributed by atoms with Gasteiger partial charge in [0.15, 0.2) is 0 Å². The fourth-order valence-corrected chi connectivity index (χ4v) is 4.04. The van der Waals surface area contributed by atoms with Crippen LogP contribution in [0.15, 0.2) is 59.5 Å². The van der Waals surface area contributed by atoms with Crippen molar-refractivity contribution in [2.75, 3.05) is 24.8 Å². The van der Waals surface area contributed by atoms with Crippen LogP contribution in [0.3, 0.4) is 0 Å². The largest absolute Gasteiger partial charge is 0.497 e. The summed E-state index contributed by atoms with van der Waals surface area (Å²) in [4.78, 5) is 19.9. The van der Waals surface area contributed by atoms with E-state index in [2.05, 4.69) is 11.9 Å². The number of pyridine rings is 2. The molecule has 0 aliphatic rings. The molecule has 0 saturated heterocycles. The summed E-state index contributed by atoms with van der Waals surface area (Å²) in [5.41, 5.74) is 6.84. The second-order valence-electron chi connectivity index (χ2n) is 8.12. The monoisotopic (exact) mass is 464 g/mol. The molecule has 0 amide bonds. The lowest BCUT2D eigenvalue weighted by Gasteiger charge is -2.27. The highest BCUT2D eigenvalue weighted by atomic mass is 19.1. The highest BCUT2D eigenvalue weighted by Crippen LogP contribution is 2.30. The maximum atomic E-state index is 14.5. The van der Waals surface area contributed by atoms with E-state index in [1.165, 1.54) is 0 Å². The summed E-state index contributed by atoms with van der Waals surface area (Å²) in [5, 5.41) is 0.660. The molecular formula is C26H26F2N4O2. The van der Waals surface area contributed by atoms with Gasteiger partial charge in [0.2, 0.25) is 0 Å². The summed E-state index contributed by atoms with van der Waals surface area (Å²) in [6.45, 7) is 4.26. The molecule has 1 unspecified atom stereocenters. The summed E-state index contributed by atoms with van der Waals surface area (Å²) in [6.07, 6.45) is 1.65. The van der Waals surface area contributed by atoms with Crippen molar-refractivity contribution in [3.05, 3.63) is 82.3 Å². The van der Waals surface area contributed by atoms with Crippen LogP contribution in [0.4, 0.5) is 20.3 Å². The van der Waals surface area contributed by atoms with Crippen molar-refractivity contribution in [1.82, 2.24) is 9.55 Å². The van der Waals surface area contributed by atoms with Gasteiger partial charge in [-0.3, -0.25) is 4.79 Å². The van der Waals surface area contributed by atoms with Crippen molar-refractivity contribution in [3.8, 4) is 16.9 Å². The third-order valence-corrected chi connectivity index (χ3v) is 6.20. The molecule has 34 heavy (non-hydrogen) atoms. The summed E-state index contributed by atoms with van der Waals surface area (Å²) in [7, 11) is 3.56. The Morgan fingerprint density at radius 3 is 2.44 bits per heavy atom. The number of anilines is 2. The molecule has 0 spiro atoms. The molecule has 6 nitrogen and oxygen atoms in total. The van der Waals surface area contributed by atoms with Crippen molar-refractivity contribution in [3.63, 3.8) is 0 Å². The number of aryl methyl sites for hydroxylation is 1. The molecule has 0 aliphatic heterocycles. The average molecular weight is 465 g/mol. The smallest absolute Gasteiger partial charge is 0.259 e. The van der Waals surface area contributed by atoms with E-state index in [0.29, 0.717) is 29.3 Å². The molecule has 0 fully saturated rings. The number of methoxy groups -OCH3 is 1. The van der Waals surface area contributed by atoms with Crippen LogP contribution in [0.25, 0.3) is 22.0 Å². The number of halogens is 2. The molecule has 2 heterocycles. The standard InChI is InChI=1S/C26H26F2N4O2/c1-5-32-24-13-25(31(3)15(2)16-6-8-18(34-4)9-7-16)30-14-17(24)10-20(26(32)33)19-11-23(29)22(28)12-21(19)27/h6-15H,5,29H2,1-4H3. The van der Waals surface area contributed by atoms with E-state index >= 15 is 0 Å². The molecule has 0 radical (unpaired) electrons. The quantitative estimate of drug-likeness (QED) is 0.400. The molecule has 2 aromatic heterocycles. The summed E-state index contributed by atoms with van der Waals surface area (Å²) in [6, 6.07) is 13.1. The van der Waals surface area contributed by atoms with Crippen LogP contribution in [0.1, 0.15) is 25.5 Å². The van der Waals surface area contributed by atoms with Gasteiger partial charge in [-0.2, -0.15) is 0 Å². The van der Waals surface area contributed by atoms with Crippen molar-refractivity contribution >= 4 is 22.4 Å². The number of nitrogens with two attached hydrogens (primary N) is 1. The topological polar surface area (TPSA) is 73.4 Å². The van der Waals surface area contributed by atoms with Gasteiger partial charge < -0.3 is 19.9 Å². The highest BCUT2D eigenvalue weighted by molar-refractivity contribution is 5.86. The van der Waals surface area contributed by atoms with Crippen LogP contribution in [0, 0.1) is 11.6 Å². The van der Waals surface area contributed by atoms with Crippen LogP contribution >= 0.6 is 0 Å². The molecule has 176 valence electrons. The maximum Gasteiger partial charge on any atom is 0.259 e. The maximum absolute atomic E-state index is 14.5. The van der Waals surface area contributed by atoms with Gasteiger partial charge in [0, 0.05) is 42.9 Å². The first-order valence-electron chi connectivity index (χ1n) is 10.9. The van der Waals surface area contributed by atoms with E-state index in [1.807, 2.05) is 49.2 Å². The van der Waals surface area contributed by atoms with Gasteiger partial charge in [-0.25, -0.2) is 13.8 Å². The van der Waals surface area contributed by atoms with Gasteiger partial charge >= 0.3 is 0 Å². The Morgan fingerprint density at radius 1 is 1.09 bits per heavy atom. The number of nitrogens with zero attached hydrogens (tertiary/aromatic N) is 3. The summed E-state index contributed by atoms with van der Waals surface area (Å²) < 4.78 is 35.0. The Morgan fingerprint density at radius 2 is 1.79 bits per heavy atom. The lowest BCUT2D eigenvalue weighted by atomic mass is 10.0. The Labute approximate surface area is 196 Å². The fourth-order valence-electron chi connectivity index (χ4n) is 4.04. The molecule has 0 bridgehead atoms. The number of fused-ring (bicyclic) bond motifs is 1. The normalized spacial score (nSPS) is 12.1. The zero-order chi connectivity index (χ0) is 24.6. The molecule has 2 aromatic carbocycles. The minimum absolute atomic E-state index is 0.00761.